The van der Waals surface area contributed by atoms with Crippen molar-refractivity contribution in [2.45, 2.75) is 25.8 Å². The van der Waals surface area contributed by atoms with Gasteiger partial charge in [-0.25, -0.2) is 4.68 Å². The molecule has 0 bridgehead atoms. The van der Waals surface area contributed by atoms with E-state index in [1.165, 1.54) is 36.7 Å². The van der Waals surface area contributed by atoms with Gasteiger partial charge in [0.2, 0.25) is 0 Å². The van der Waals surface area contributed by atoms with Gasteiger partial charge in [-0.05, 0) is 38.9 Å². The van der Waals surface area contributed by atoms with E-state index in [0.29, 0.717) is 25.4 Å². The second-order valence-corrected chi connectivity index (χ2v) is 4.79. The van der Waals surface area contributed by atoms with E-state index in [1.807, 2.05) is 0 Å². The highest BCUT2D eigenvalue weighted by molar-refractivity contribution is 5.13. The summed E-state index contributed by atoms with van der Waals surface area (Å²) in [6.07, 6.45) is 5.12. The third kappa shape index (κ3) is 4.33. The molecule has 1 aliphatic rings. The molecule has 1 aliphatic heterocycles. The Balaban J connectivity index is 1.81. The van der Waals surface area contributed by atoms with Crippen molar-refractivity contribution in [1.29, 1.82) is 0 Å². The summed E-state index contributed by atoms with van der Waals surface area (Å²) in [5.41, 5.74) is 5.22. The highest BCUT2D eigenvalue weighted by Crippen LogP contribution is 2.08. The van der Waals surface area contributed by atoms with Gasteiger partial charge in [-0.15, -0.1) is 0 Å². The van der Waals surface area contributed by atoms with Crippen molar-refractivity contribution >= 4 is 0 Å². The monoisotopic (exact) mass is 266 g/mol. The predicted octanol–water partition coefficient (Wildman–Crippen LogP) is 0.0667. The third-order valence-electron chi connectivity index (χ3n) is 3.27. The van der Waals surface area contributed by atoms with E-state index in [9.17, 15) is 4.79 Å². The van der Waals surface area contributed by atoms with E-state index in [2.05, 4.69) is 10.00 Å². The van der Waals surface area contributed by atoms with Crippen LogP contribution >= 0.6 is 0 Å². The van der Waals surface area contributed by atoms with Gasteiger partial charge in [-0.2, -0.15) is 5.10 Å². The Morgan fingerprint density at radius 2 is 2.11 bits per heavy atom. The molecule has 0 saturated carbocycles. The summed E-state index contributed by atoms with van der Waals surface area (Å²) in [6.45, 7) is 4.91. The van der Waals surface area contributed by atoms with Crippen molar-refractivity contribution in [3.63, 3.8) is 0 Å². The Morgan fingerprint density at radius 3 is 2.79 bits per heavy atom. The highest BCUT2D eigenvalue weighted by atomic mass is 16.5. The zero-order chi connectivity index (χ0) is 13.5. The molecule has 1 aromatic rings. The number of hydrogen-bond donors (Lipinski definition) is 1. The number of likely N-dealkylation sites (tertiary alicyclic amines) is 1. The van der Waals surface area contributed by atoms with Gasteiger partial charge < -0.3 is 15.4 Å². The average Bonchev–Trinajstić information content (AvgIpc) is 2.92. The summed E-state index contributed by atoms with van der Waals surface area (Å²) in [6, 6.07) is 1.47. The first-order chi connectivity index (χ1) is 9.29. The smallest absolute Gasteiger partial charge is 0.270 e. The molecule has 1 fully saturated rings. The second kappa shape index (κ2) is 7.25. The zero-order valence-corrected chi connectivity index (χ0v) is 11.3. The lowest BCUT2D eigenvalue weighted by atomic mass is 10.4. The number of nitrogens with two attached hydrogens (primary N) is 1. The normalized spacial score (nSPS) is 15.8. The highest BCUT2D eigenvalue weighted by Gasteiger charge is 2.10. The molecule has 0 aliphatic carbocycles. The number of rotatable bonds is 7. The minimum absolute atomic E-state index is 0.115. The fraction of sp³-hybridized carbons (Fsp3) is 0.692. The van der Waals surface area contributed by atoms with Gasteiger partial charge in [0.1, 0.15) is 12.4 Å². The molecule has 0 aromatic carbocycles. The van der Waals surface area contributed by atoms with Crippen molar-refractivity contribution in [1.82, 2.24) is 14.7 Å². The van der Waals surface area contributed by atoms with Gasteiger partial charge in [0.25, 0.3) is 5.56 Å². The lowest BCUT2D eigenvalue weighted by Crippen LogP contribution is -2.26. The lowest BCUT2D eigenvalue weighted by molar-refractivity contribution is 0.314. The van der Waals surface area contributed by atoms with E-state index in [1.54, 1.807) is 6.20 Å². The van der Waals surface area contributed by atoms with E-state index < -0.39 is 0 Å². The maximum atomic E-state index is 11.8. The van der Waals surface area contributed by atoms with Gasteiger partial charge >= 0.3 is 0 Å². The van der Waals surface area contributed by atoms with Gasteiger partial charge in [0.15, 0.2) is 0 Å². The molecular weight excluding hydrogens is 244 g/mol. The Hall–Kier alpha value is -1.40. The molecule has 0 atom stereocenters. The largest absolute Gasteiger partial charge is 0.490 e. The Kier molecular flexibility index (Phi) is 5.35. The number of nitrogens with zero attached hydrogens (tertiary/aromatic N) is 3. The quantitative estimate of drug-likeness (QED) is 0.756. The Morgan fingerprint density at radius 1 is 1.32 bits per heavy atom. The van der Waals surface area contributed by atoms with E-state index >= 15 is 0 Å². The van der Waals surface area contributed by atoms with E-state index in [0.717, 1.165) is 13.0 Å². The molecule has 0 spiro atoms. The van der Waals surface area contributed by atoms with E-state index in [4.69, 9.17) is 10.5 Å². The molecule has 1 saturated heterocycles. The predicted molar refractivity (Wildman–Crippen MR) is 73.3 cm³/mol. The molecule has 19 heavy (non-hydrogen) atoms. The fourth-order valence-corrected chi connectivity index (χ4v) is 2.29. The Labute approximate surface area is 113 Å². The van der Waals surface area contributed by atoms with Crippen LogP contribution < -0.4 is 16.0 Å². The van der Waals surface area contributed by atoms with Gasteiger partial charge in [-0.3, -0.25) is 4.79 Å². The molecule has 0 radical (unpaired) electrons. The first-order valence-electron chi connectivity index (χ1n) is 6.92. The topological polar surface area (TPSA) is 73.4 Å². The molecule has 6 nitrogen and oxygen atoms in total. The van der Waals surface area contributed by atoms with Crippen molar-refractivity contribution in [3.05, 3.63) is 22.6 Å². The molecule has 1 aromatic heterocycles. The van der Waals surface area contributed by atoms with Crippen LogP contribution in [0.15, 0.2) is 17.1 Å². The molecule has 2 N–H and O–H groups in total. The first kappa shape index (κ1) is 14.0. The number of aryl methyl sites for hydroxylation is 1. The maximum absolute atomic E-state index is 11.8. The van der Waals surface area contributed by atoms with Crippen LogP contribution in [0, 0.1) is 0 Å². The average molecular weight is 266 g/mol. The first-order valence-corrected chi connectivity index (χ1v) is 6.92. The molecule has 106 valence electrons. The van der Waals surface area contributed by atoms with Crippen LogP contribution in [0.3, 0.4) is 0 Å². The minimum atomic E-state index is -0.115. The van der Waals surface area contributed by atoms with Crippen LogP contribution in [0.2, 0.25) is 0 Å². The molecule has 6 heteroatoms. The van der Waals surface area contributed by atoms with Crippen LogP contribution in [-0.4, -0.2) is 47.5 Å². The molecular formula is C13H22N4O2. The molecule has 0 unspecified atom stereocenters. The Bertz CT molecular complexity index is 441. The van der Waals surface area contributed by atoms with Crippen LogP contribution in [0.5, 0.6) is 5.75 Å². The summed E-state index contributed by atoms with van der Waals surface area (Å²) >= 11 is 0. The second-order valence-electron chi connectivity index (χ2n) is 4.79. The molecule has 2 heterocycles. The lowest BCUT2D eigenvalue weighted by Gasteiger charge is -2.14. The number of hydrogen-bond acceptors (Lipinski definition) is 5. The maximum Gasteiger partial charge on any atom is 0.270 e. The van der Waals surface area contributed by atoms with Crippen LogP contribution in [0.1, 0.15) is 19.3 Å². The number of aromatic nitrogens is 2. The summed E-state index contributed by atoms with van der Waals surface area (Å²) in [7, 11) is 0. The summed E-state index contributed by atoms with van der Waals surface area (Å²) in [5.74, 6) is 0.492. The summed E-state index contributed by atoms with van der Waals surface area (Å²) < 4.78 is 6.76. The molecule has 0 amide bonds. The van der Waals surface area contributed by atoms with Gasteiger partial charge in [-0.1, -0.05) is 0 Å². The minimum Gasteiger partial charge on any atom is -0.490 e. The van der Waals surface area contributed by atoms with Gasteiger partial charge in [0, 0.05) is 19.2 Å². The standard InChI is InChI=1S/C13H22N4O2/c14-4-9-19-12-10-13(18)17(15-11-12)8-3-7-16-5-1-2-6-16/h10-11H,1-9,14H2. The fourth-order valence-electron chi connectivity index (χ4n) is 2.29. The van der Waals surface area contributed by atoms with Gasteiger partial charge in [0.05, 0.1) is 6.20 Å². The summed E-state index contributed by atoms with van der Waals surface area (Å²) in [4.78, 5) is 14.2. The van der Waals surface area contributed by atoms with Crippen molar-refractivity contribution in [2.75, 3.05) is 32.8 Å². The van der Waals surface area contributed by atoms with Crippen molar-refractivity contribution < 1.29 is 4.74 Å². The van der Waals surface area contributed by atoms with Crippen LogP contribution in [0.4, 0.5) is 0 Å². The van der Waals surface area contributed by atoms with Crippen LogP contribution in [0.25, 0.3) is 0 Å². The zero-order valence-electron chi connectivity index (χ0n) is 11.3. The van der Waals surface area contributed by atoms with Crippen LogP contribution in [-0.2, 0) is 6.54 Å². The number of ether oxygens (including phenoxy) is 1. The van der Waals surface area contributed by atoms with E-state index in [-0.39, 0.29) is 5.56 Å². The molecule has 2 rings (SSSR count). The summed E-state index contributed by atoms with van der Waals surface area (Å²) in [5, 5.41) is 4.12. The van der Waals surface area contributed by atoms with Crippen molar-refractivity contribution in [2.24, 2.45) is 5.73 Å². The SMILES string of the molecule is NCCOc1cnn(CCCN2CCCC2)c(=O)c1. The third-order valence-corrected chi connectivity index (χ3v) is 3.27. The van der Waals surface area contributed by atoms with Crippen molar-refractivity contribution in [3.8, 4) is 5.75 Å².